The number of benzene rings is 1. The summed E-state index contributed by atoms with van der Waals surface area (Å²) in [6.45, 7) is 0.972. The molecule has 28 heavy (non-hydrogen) atoms. The number of anilines is 1. The van der Waals surface area contributed by atoms with Gasteiger partial charge in [0.15, 0.2) is 5.65 Å². The predicted molar refractivity (Wildman–Crippen MR) is 98.0 cm³/mol. The van der Waals surface area contributed by atoms with Crippen LogP contribution in [0.4, 0.5) is 19.0 Å². The van der Waals surface area contributed by atoms with Gasteiger partial charge in [0.2, 0.25) is 0 Å². The van der Waals surface area contributed by atoms with Crippen molar-refractivity contribution in [3.05, 3.63) is 47.9 Å². The highest BCUT2D eigenvalue weighted by Gasteiger charge is 2.40. The highest BCUT2D eigenvalue weighted by molar-refractivity contribution is 5.85. The van der Waals surface area contributed by atoms with Crippen LogP contribution in [0.3, 0.4) is 0 Å². The number of ether oxygens (including phenoxy) is 1. The fourth-order valence-corrected chi connectivity index (χ4v) is 3.40. The SMILES string of the molecule is Cc1ccc(C(F)(F)COC2CC[C@H](Nc3ncnc4[nH]ncc34)[C@H]2F)cc1. The molecule has 3 aromatic rings. The molecule has 9 heteroatoms. The number of nitrogens with zero attached hydrogens (tertiary/aromatic N) is 3. The number of hydrogen-bond donors (Lipinski definition) is 2. The lowest BCUT2D eigenvalue weighted by molar-refractivity contribution is -0.114. The third-order valence-electron chi connectivity index (χ3n) is 5.02. The molecular weight excluding hydrogens is 371 g/mol. The number of fused-ring (bicyclic) bond motifs is 1. The summed E-state index contributed by atoms with van der Waals surface area (Å²) in [7, 11) is 0. The number of hydrogen-bond acceptors (Lipinski definition) is 5. The van der Waals surface area contributed by atoms with E-state index in [9.17, 15) is 13.2 Å². The predicted octanol–water partition coefficient (Wildman–Crippen LogP) is 3.75. The molecule has 0 amide bonds. The molecule has 1 aliphatic carbocycles. The van der Waals surface area contributed by atoms with Gasteiger partial charge >= 0.3 is 0 Å². The summed E-state index contributed by atoms with van der Waals surface area (Å²) in [6.07, 6.45) is 1.38. The van der Waals surface area contributed by atoms with Crippen molar-refractivity contribution in [1.29, 1.82) is 0 Å². The van der Waals surface area contributed by atoms with Gasteiger partial charge in [0.1, 0.15) is 24.9 Å². The molecule has 1 unspecified atom stereocenters. The molecule has 0 bridgehead atoms. The summed E-state index contributed by atoms with van der Waals surface area (Å²) in [6, 6.07) is 5.40. The fourth-order valence-electron chi connectivity index (χ4n) is 3.40. The molecule has 0 aliphatic heterocycles. The number of nitrogens with one attached hydrogen (secondary N) is 2. The van der Waals surface area contributed by atoms with Crippen LogP contribution >= 0.6 is 0 Å². The van der Waals surface area contributed by atoms with Crippen LogP contribution in [-0.2, 0) is 10.7 Å². The molecule has 0 saturated heterocycles. The molecule has 0 radical (unpaired) electrons. The van der Waals surface area contributed by atoms with Crippen molar-refractivity contribution >= 4 is 16.9 Å². The zero-order chi connectivity index (χ0) is 19.7. The third kappa shape index (κ3) is 3.66. The Morgan fingerprint density at radius 2 is 2.00 bits per heavy atom. The van der Waals surface area contributed by atoms with Gasteiger partial charge < -0.3 is 10.1 Å². The van der Waals surface area contributed by atoms with E-state index in [1.54, 1.807) is 18.3 Å². The average molecular weight is 391 g/mol. The van der Waals surface area contributed by atoms with Crippen molar-refractivity contribution in [1.82, 2.24) is 20.2 Å². The minimum absolute atomic E-state index is 0.135. The van der Waals surface area contributed by atoms with Crippen LogP contribution in [0.2, 0.25) is 0 Å². The van der Waals surface area contributed by atoms with Crippen molar-refractivity contribution in [2.75, 3.05) is 11.9 Å². The van der Waals surface area contributed by atoms with Gasteiger partial charge in [-0.05, 0) is 19.8 Å². The first-order valence-electron chi connectivity index (χ1n) is 9.05. The van der Waals surface area contributed by atoms with Gasteiger partial charge in [-0.3, -0.25) is 5.10 Å². The molecule has 0 spiro atoms. The Hall–Kier alpha value is -2.68. The van der Waals surface area contributed by atoms with Crippen LogP contribution in [0.15, 0.2) is 36.8 Å². The Morgan fingerprint density at radius 1 is 1.21 bits per heavy atom. The lowest BCUT2D eigenvalue weighted by Gasteiger charge is -2.23. The minimum atomic E-state index is -3.17. The molecule has 1 aromatic carbocycles. The Kier molecular flexibility index (Phi) is 4.92. The van der Waals surface area contributed by atoms with Crippen molar-refractivity contribution in [2.24, 2.45) is 0 Å². The number of aryl methyl sites for hydroxylation is 1. The molecule has 3 atom stereocenters. The average Bonchev–Trinajstić information content (AvgIpc) is 3.29. The maximum Gasteiger partial charge on any atom is 0.296 e. The molecule has 2 heterocycles. The smallest absolute Gasteiger partial charge is 0.296 e. The maximum absolute atomic E-state index is 14.8. The number of aromatic nitrogens is 4. The second-order valence-electron chi connectivity index (χ2n) is 7.05. The zero-order valence-electron chi connectivity index (χ0n) is 15.2. The molecule has 1 aliphatic rings. The zero-order valence-corrected chi connectivity index (χ0v) is 15.2. The van der Waals surface area contributed by atoms with E-state index < -0.39 is 30.8 Å². The summed E-state index contributed by atoms with van der Waals surface area (Å²) in [4.78, 5) is 8.15. The summed E-state index contributed by atoms with van der Waals surface area (Å²) in [5.74, 6) is -2.72. The number of aromatic amines is 1. The largest absolute Gasteiger partial charge is 0.368 e. The van der Waals surface area contributed by atoms with Crippen LogP contribution in [0.1, 0.15) is 24.0 Å². The third-order valence-corrected chi connectivity index (χ3v) is 5.02. The molecule has 1 saturated carbocycles. The maximum atomic E-state index is 14.8. The molecule has 4 rings (SSSR count). The van der Waals surface area contributed by atoms with Gasteiger partial charge in [0.05, 0.1) is 23.7 Å². The van der Waals surface area contributed by atoms with Gasteiger partial charge in [-0.2, -0.15) is 13.9 Å². The first-order valence-corrected chi connectivity index (χ1v) is 9.05. The van der Waals surface area contributed by atoms with Crippen molar-refractivity contribution in [3.8, 4) is 0 Å². The Bertz CT molecular complexity index is 946. The summed E-state index contributed by atoms with van der Waals surface area (Å²) >= 11 is 0. The van der Waals surface area contributed by atoms with E-state index >= 15 is 0 Å². The van der Waals surface area contributed by atoms with E-state index in [-0.39, 0.29) is 5.56 Å². The molecule has 1 fully saturated rings. The molecule has 2 N–H and O–H groups in total. The van der Waals surface area contributed by atoms with Crippen LogP contribution in [0.5, 0.6) is 0 Å². The summed E-state index contributed by atoms with van der Waals surface area (Å²) < 4.78 is 48.8. The normalized spacial score (nSPS) is 22.6. The quantitative estimate of drug-likeness (QED) is 0.669. The second kappa shape index (κ2) is 7.38. The molecule has 148 valence electrons. The lowest BCUT2D eigenvalue weighted by Crippen LogP contribution is -2.35. The minimum Gasteiger partial charge on any atom is -0.368 e. The van der Waals surface area contributed by atoms with Gasteiger partial charge in [-0.1, -0.05) is 29.8 Å². The Labute approximate surface area is 159 Å². The van der Waals surface area contributed by atoms with E-state index in [2.05, 4.69) is 25.5 Å². The highest BCUT2D eigenvalue weighted by atomic mass is 19.3. The second-order valence-corrected chi connectivity index (χ2v) is 7.05. The lowest BCUT2D eigenvalue weighted by atomic mass is 10.1. The summed E-state index contributed by atoms with van der Waals surface area (Å²) in [5, 5.41) is 10.3. The topological polar surface area (TPSA) is 75.7 Å². The van der Waals surface area contributed by atoms with Crippen molar-refractivity contribution < 1.29 is 17.9 Å². The Morgan fingerprint density at radius 3 is 2.79 bits per heavy atom. The molecule has 2 aromatic heterocycles. The van der Waals surface area contributed by atoms with E-state index in [0.717, 1.165) is 5.56 Å². The molecule has 6 nitrogen and oxygen atoms in total. The molecular formula is C19H20F3N5O. The van der Waals surface area contributed by atoms with Crippen LogP contribution < -0.4 is 5.32 Å². The van der Waals surface area contributed by atoms with E-state index in [4.69, 9.17) is 4.74 Å². The first kappa shape index (κ1) is 18.7. The Balaban J connectivity index is 1.38. The number of H-pyrrole nitrogens is 1. The van der Waals surface area contributed by atoms with Crippen LogP contribution in [0, 0.1) is 6.92 Å². The number of halogens is 3. The van der Waals surface area contributed by atoms with Crippen LogP contribution in [-0.4, -0.2) is 45.1 Å². The summed E-state index contributed by atoms with van der Waals surface area (Å²) in [5.41, 5.74) is 1.30. The number of alkyl halides is 3. The van der Waals surface area contributed by atoms with E-state index in [0.29, 0.717) is 29.7 Å². The fraction of sp³-hybridized carbons (Fsp3) is 0.421. The van der Waals surface area contributed by atoms with Gasteiger partial charge in [0, 0.05) is 5.56 Å². The first-order chi connectivity index (χ1) is 13.4. The van der Waals surface area contributed by atoms with E-state index in [1.165, 1.54) is 18.5 Å². The van der Waals surface area contributed by atoms with Crippen molar-refractivity contribution in [2.45, 2.75) is 44.0 Å². The van der Waals surface area contributed by atoms with Gasteiger partial charge in [0.25, 0.3) is 5.92 Å². The monoisotopic (exact) mass is 391 g/mol. The highest BCUT2D eigenvalue weighted by Crippen LogP contribution is 2.33. The van der Waals surface area contributed by atoms with Crippen molar-refractivity contribution in [3.63, 3.8) is 0 Å². The van der Waals surface area contributed by atoms with Gasteiger partial charge in [-0.25, -0.2) is 14.4 Å². The number of rotatable bonds is 6. The van der Waals surface area contributed by atoms with Gasteiger partial charge in [-0.15, -0.1) is 0 Å². The van der Waals surface area contributed by atoms with Crippen LogP contribution in [0.25, 0.3) is 11.0 Å². The van der Waals surface area contributed by atoms with E-state index in [1.807, 2.05) is 6.92 Å². The standard InChI is InChI=1S/C19H20F3N5O/c1-11-2-4-12(5-3-11)19(21,22)9-28-15-7-6-14(16(15)20)26-17-13-8-25-27-18(13)24-10-23-17/h2-5,8,10,14-16H,6-7,9H2,1H3,(H2,23,24,25,26,27)/t14-,15?,16+/m0/s1.